The standard InChI is InChI=1S/C18H24FN3O/c1-14(13-22-9-3-2-4-10-22)20-12-17-11-18(21-23-17)15-5-7-16(19)8-6-15/h5-8,11,14,20H,2-4,9-10,12-13H2,1H3/t14-/m0/s1. The molecule has 5 heteroatoms. The summed E-state index contributed by atoms with van der Waals surface area (Å²) in [5, 5.41) is 7.55. The Morgan fingerprint density at radius 1 is 1.22 bits per heavy atom. The Morgan fingerprint density at radius 3 is 2.70 bits per heavy atom. The maximum absolute atomic E-state index is 13.0. The SMILES string of the molecule is C[C@@H](CN1CCCCC1)NCc1cc(-c2ccc(F)cc2)no1. The highest BCUT2D eigenvalue weighted by atomic mass is 19.1. The summed E-state index contributed by atoms with van der Waals surface area (Å²) in [6.45, 7) is 6.35. The Kier molecular flexibility index (Phi) is 5.41. The van der Waals surface area contributed by atoms with Crippen molar-refractivity contribution in [1.29, 1.82) is 0 Å². The third kappa shape index (κ3) is 4.62. The molecule has 23 heavy (non-hydrogen) atoms. The van der Waals surface area contributed by atoms with Crippen molar-refractivity contribution in [2.45, 2.75) is 38.8 Å². The number of aromatic nitrogens is 1. The van der Waals surface area contributed by atoms with Gasteiger partial charge in [-0.1, -0.05) is 11.6 Å². The van der Waals surface area contributed by atoms with E-state index in [1.807, 2.05) is 6.07 Å². The molecule has 0 radical (unpaired) electrons. The first kappa shape index (κ1) is 16.1. The second kappa shape index (κ2) is 7.70. The van der Waals surface area contributed by atoms with Crippen molar-refractivity contribution in [2.24, 2.45) is 0 Å². The van der Waals surface area contributed by atoms with Gasteiger partial charge in [-0.15, -0.1) is 0 Å². The molecule has 2 heterocycles. The summed E-state index contributed by atoms with van der Waals surface area (Å²) in [7, 11) is 0. The average Bonchev–Trinajstić information content (AvgIpc) is 3.04. The van der Waals surface area contributed by atoms with Crippen molar-refractivity contribution in [3.63, 3.8) is 0 Å². The molecule has 1 aliphatic rings. The van der Waals surface area contributed by atoms with Gasteiger partial charge in [-0.25, -0.2) is 4.39 Å². The highest BCUT2D eigenvalue weighted by molar-refractivity contribution is 5.58. The highest BCUT2D eigenvalue weighted by Gasteiger charge is 2.14. The van der Waals surface area contributed by atoms with Gasteiger partial charge in [0.05, 0.1) is 6.54 Å². The van der Waals surface area contributed by atoms with E-state index in [1.54, 1.807) is 12.1 Å². The fourth-order valence-corrected chi connectivity index (χ4v) is 3.02. The summed E-state index contributed by atoms with van der Waals surface area (Å²) in [6, 6.07) is 8.61. The third-order valence-corrected chi connectivity index (χ3v) is 4.30. The number of benzene rings is 1. The topological polar surface area (TPSA) is 41.3 Å². The lowest BCUT2D eigenvalue weighted by Crippen LogP contribution is -2.41. The Hall–Kier alpha value is -1.72. The van der Waals surface area contributed by atoms with Crippen LogP contribution in [-0.2, 0) is 6.54 Å². The fraction of sp³-hybridized carbons (Fsp3) is 0.500. The lowest BCUT2D eigenvalue weighted by Gasteiger charge is -2.29. The minimum Gasteiger partial charge on any atom is -0.359 e. The van der Waals surface area contributed by atoms with Gasteiger partial charge in [0.15, 0.2) is 5.76 Å². The van der Waals surface area contributed by atoms with Crippen LogP contribution in [0.2, 0.25) is 0 Å². The minimum absolute atomic E-state index is 0.245. The number of halogens is 1. The lowest BCUT2D eigenvalue weighted by atomic mass is 10.1. The Bertz CT molecular complexity index is 605. The molecular weight excluding hydrogens is 293 g/mol. The average molecular weight is 317 g/mol. The van der Waals surface area contributed by atoms with Crippen LogP contribution >= 0.6 is 0 Å². The van der Waals surface area contributed by atoms with Crippen LogP contribution < -0.4 is 5.32 Å². The van der Waals surface area contributed by atoms with E-state index in [0.717, 1.165) is 23.6 Å². The quantitative estimate of drug-likeness (QED) is 0.886. The van der Waals surface area contributed by atoms with Crippen LogP contribution in [0, 0.1) is 5.82 Å². The second-order valence-electron chi connectivity index (χ2n) is 6.33. The predicted octanol–water partition coefficient (Wildman–Crippen LogP) is 3.44. The van der Waals surface area contributed by atoms with E-state index in [9.17, 15) is 4.39 Å². The molecule has 1 aliphatic heterocycles. The van der Waals surface area contributed by atoms with Gasteiger partial charge >= 0.3 is 0 Å². The largest absolute Gasteiger partial charge is 0.359 e. The van der Waals surface area contributed by atoms with Crippen molar-refractivity contribution in [3.05, 3.63) is 41.9 Å². The maximum Gasteiger partial charge on any atom is 0.151 e. The highest BCUT2D eigenvalue weighted by Crippen LogP contribution is 2.19. The van der Waals surface area contributed by atoms with Gasteiger partial charge in [0.2, 0.25) is 0 Å². The zero-order valence-corrected chi connectivity index (χ0v) is 13.6. The first-order valence-electron chi connectivity index (χ1n) is 8.38. The molecule has 1 saturated heterocycles. The van der Waals surface area contributed by atoms with E-state index in [1.165, 1.54) is 44.5 Å². The van der Waals surface area contributed by atoms with E-state index >= 15 is 0 Å². The summed E-state index contributed by atoms with van der Waals surface area (Å²) in [5.74, 6) is 0.556. The molecule has 1 aromatic heterocycles. The van der Waals surface area contributed by atoms with Crippen LogP contribution in [0.1, 0.15) is 31.9 Å². The van der Waals surface area contributed by atoms with Gasteiger partial charge in [0, 0.05) is 24.2 Å². The predicted molar refractivity (Wildman–Crippen MR) is 88.5 cm³/mol. The van der Waals surface area contributed by atoms with Crippen LogP contribution in [0.25, 0.3) is 11.3 Å². The van der Waals surface area contributed by atoms with Crippen molar-refractivity contribution in [3.8, 4) is 11.3 Å². The molecule has 0 aliphatic carbocycles. The first-order chi connectivity index (χ1) is 11.2. The molecule has 0 amide bonds. The summed E-state index contributed by atoms with van der Waals surface area (Å²) in [4.78, 5) is 2.52. The molecule has 0 unspecified atom stereocenters. The Morgan fingerprint density at radius 2 is 1.96 bits per heavy atom. The van der Waals surface area contributed by atoms with Gasteiger partial charge in [0.1, 0.15) is 11.5 Å². The van der Waals surface area contributed by atoms with E-state index in [-0.39, 0.29) is 5.82 Å². The molecular formula is C18H24FN3O. The summed E-state index contributed by atoms with van der Waals surface area (Å²) in [5.41, 5.74) is 1.60. The van der Waals surface area contributed by atoms with Crippen LogP contribution in [0.15, 0.2) is 34.9 Å². The van der Waals surface area contributed by atoms with Gasteiger partial charge < -0.3 is 14.7 Å². The number of likely N-dealkylation sites (tertiary alicyclic amines) is 1. The smallest absolute Gasteiger partial charge is 0.151 e. The molecule has 124 valence electrons. The third-order valence-electron chi connectivity index (χ3n) is 4.30. The molecule has 0 saturated carbocycles. The number of hydrogen-bond donors (Lipinski definition) is 1. The van der Waals surface area contributed by atoms with Crippen LogP contribution in [0.3, 0.4) is 0 Å². The number of nitrogens with one attached hydrogen (secondary N) is 1. The lowest BCUT2D eigenvalue weighted by molar-refractivity contribution is 0.207. The number of piperidine rings is 1. The fourth-order valence-electron chi connectivity index (χ4n) is 3.02. The number of nitrogens with zero attached hydrogens (tertiary/aromatic N) is 2. The molecule has 1 atom stereocenters. The van der Waals surface area contributed by atoms with Crippen LogP contribution in [0.4, 0.5) is 4.39 Å². The van der Waals surface area contributed by atoms with Crippen LogP contribution in [0.5, 0.6) is 0 Å². The molecule has 3 rings (SSSR count). The van der Waals surface area contributed by atoms with Crippen molar-refractivity contribution in [2.75, 3.05) is 19.6 Å². The molecule has 0 bridgehead atoms. The zero-order valence-electron chi connectivity index (χ0n) is 13.6. The van der Waals surface area contributed by atoms with Crippen LogP contribution in [-0.4, -0.2) is 35.7 Å². The maximum atomic E-state index is 13.0. The van der Waals surface area contributed by atoms with Crippen molar-refractivity contribution in [1.82, 2.24) is 15.4 Å². The van der Waals surface area contributed by atoms with Gasteiger partial charge in [-0.2, -0.15) is 0 Å². The van der Waals surface area contributed by atoms with Gasteiger partial charge in [0.25, 0.3) is 0 Å². The molecule has 4 nitrogen and oxygen atoms in total. The van der Waals surface area contributed by atoms with Crippen molar-refractivity contribution < 1.29 is 8.91 Å². The summed E-state index contributed by atoms with van der Waals surface area (Å²) in [6.07, 6.45) is 3.99. The minimum atomic E-state index is -0.245. The first-order valence-corrected chi connectivity index (χ1v) is 8.38. The Balaban J connectivity index is 1.49. The molecule has 2 aromatic rings. The molecule has 0 spiro atoms. The second-order valence-corrected chi connectivity index (χ2v) is 6.33. The van der Waals surface area contributed by atoms with Gasteiger partial charge in [-0.3, -0.25) is 0 Å². The molecule has 1 N–H and O–H groups in total. The summed E-state index contributed by atoms with van der Waals surface area (Å²) >= 11 is 0. The number of rotatable bonds is 6. The number of hydrogen-bond acceptors (Lipinski definition) is 4. The Labute approximate surface area is 136 Å². The van der Waals surface area contributed by atoms with E-state index in [2.05, 4.69) is 22.3 Å². The monoisotopic (exact) mass is 317 g/mol. The van der Waals surface area contributed by atoms with Crippen molar-refractivity contribution >= 4 is 0 Å². The van der Waals surface area contributed by atoms with E-state index < -0.39 is 0 Å². The van der Waals surface area contributed by atoms with E-state index in [4.69, 9.17) is 4.52 Å². The normalized spacial score (nSPS) is 17.3. The zero-order chi connectivity index (χ0) is 16.1. The van der Waals surface area contributed by atoms with Gasteiger partial charge in [-0.05, 0) is 57.1 Å². The molecule has 1 fully saturated rings. The molecule has 1 aromatic carbocycles. The summed E-state index contributed by atoms with van der Waals surface area (Å²) < 4.78 is 18.3. The van der Waals surface area contributed by atoms with E-state index in [0.29, 0.717) is 12.6 Å².